The first kappa shape index (κ1) is 13.4. The molecule has 0 radical (unpaired) electrons. The maximum atomic E-state index is 11.3. The highest BCUT2D eigenvalue weighted by atomic mass is 16.3. The fourth-order valence-corrected chi connectivity index (χ4v) is 1.99. The van der Waals surface area contributed by atoms with E-state index in [4.69, 9.17) is 0 Å². The van der Waals surface area contributed by atoms with E-state index in [2.05, 4.69) is 25.6 Å². The van der Waals surface area contributed by atoms with E-state index in [0.717, 1.165) is 5.56 Å². The molecule has 3 rings (SSSR count). The van der Waals surface area contributed by atoms with Gasteiger partial charge >= 0.3 is 0 Å². The molecule has 2 aromatic rings. The third-order valence-corrected chi connectivity index (χ3v) is 3.13. The number of nitrogens with one attached hydrogen (secondary N) is 2. The number of aromatic nitrogens is 3. The third kappa shape index (κ3) is 2.68. The van der Waals surface area contributed by atoms with E-state index in [-0.39, 0.29) is 12.5 Å². The highest BCUT2D eigenvalue weighted by Crippen LogP contribution is 2.25. The van der Waals surface area contributed by atoms with Gasteiger partial charge in [0.25, 0.3) is 0 Å². The Hall–Kier alpha value is -2.54. The van der Waals surface area contributed by atoms with Crippen LogP contribution in [0.25, 0.3) is 11.3 Å². The average molecular weight is 285 g/mol. The molecule has 0 saturated heterocycles. The second-order valence-corrected chi connectivity index (χ2v) is 5.35. The van der Waals surface area contributed by atoms with Gasteiger partial charge in [0.05, 0.1) is 24.1 Å². The maximum Gasteiger partial charge on any atom is 0.244 e. The lowest BCUT2D eigenvalue weighted by atomic mass is 10.0. The van der Waals surface area contributed by atoms with Crippen LogP contribution in [0.4, 0.5) is 11.6 Å². The van der Waals surface area contributed by atoms with Crippen molar-refractivity contribution in [2.24, 2.45) is 0 Å². The summed E-state index contributed by atoms with van der Waals surface area (Å²) in [6, 6.07) is 3.56. The number of rotatable bonds is 2. The fraction of sp³-hybridized carbons (Fsp3) is 0.286. The van der Waals surface area contributed by atoms with E-state index >= 15 is 0 Å². The van der Waals surface area contributed by atoms with Crippen LogP contribution in [0.5, 0.6) is 0 Å². The molecule has 3 heterocycles. The molecule has 0 saturated carbocycles. The van der Waals surface area contributed by atoms with E-state index in [1.807, 2.05) is 6.07 Å². The lowest BCUT2D eigenvalue weighted by molar-refractivity contribution is -0.114. The van der Waals surface area contributed by atoms with E-state index in [9.17, 15) is 9.90 Å². The molecule has 0 fully saturated rings. The summed E-state index contributed by atoms with van der Waals surface area (Å²) in [5.41, 5.74) is 0.954. The topological polar surface area (TPSA) is 100 Å². The standard InChI is InChI=1S/C14H15N5O2/c1-14(2,21)10-4-3-8(5-15-10)9-6-16-12-13(18-9)19-11(20)7-17-12/h3-6,21H,7H2,1-2H3,(H,16,17)(H,18,19,20). The first-order valence-electron chi connectivity index (χ1n) is 6.53. The van der Waals surface area contributed by atoms with Crippen molar-refractivity contribution >= 4 is 17.5 Å². The van der Waals surface area contributed by atoms with Gasteiger partial charge in [0, 0.05) is 11.8 Å². The zero-order valence-corrected chi connectivity index (χ0v) is 11.7. The SMILES string of the molecule is CC(C)(O)c1ccc(-c2cnc3c(n2)NC(=O)CN3)cn1. The van der Waals surface area contributed by atoms with Gasteiger partial charge in [-0.1, -0.05) is 0 Å². The first-order valence-corrected chi connectivity index (χ1v) is 6.53. The molecule has 7 nitrogen and oxygen atoms in total. The van der Waals surface area contributed by atoms with E-state index < -0.39 is 5.60 Å². The summed E-state index contributed by atoms with van der Waals surface area (Å²) in [5, 5.41) is 15.4. The molecule has 1 aliphatic rings. The number of fused-ring (bicyclic) bond motifs is 1. The quantitative estimate of drug-likeness (QED) is 0.765. The van der Waals surface area contributed by atoms with Crippen molar-refractivity contribution in [2.45, 2.75) is 19.4 Å². The Bertz CT molecular complexity index is 692. The molecule has 0 spiro atoms. The van der Waals surface area contributed by atoms with Crippen LogP contribution in [0, 0.1) is 0 Å². The van der Waals surface area contributed by atoms with Gasteiger partial charge in [-0.3, -0.25) is 9.78 Å². The summed E-state index contributed by atoms with van der Waals surface area (Å²) in [7, 11) is 0. The summed E-state index contributed by atoms with van der Waals surface area (Å²) < 4.78 is 0. The number of amides is 1. The Balaban J connectivity index is 1.94. The zero-order valence-electron chi connectivity index (χ0n) is 11.7. The minimum absolute atomic E-state index is 0.149. The van der Waals surface area contributed by atoms with Crippen LogP contribution in [0.3, 0.4) is 0 Å². The lowest BCUT2D eigenvalue weighted by Gasteiger charge is -2.18. The molecule has 1 amide bonds. The summed E-state index contributed by atoms with van der Waals surface area (Å²) >= 11 is 0. The van der Waals surface area contributed by atoms with Gasteiger partial charge in [-0.15, -0.1) is 0 Å². The van der Waals surface area contributed by atoms with Crippen LogP contribution in [0.2, 0.25) is 0 Å². The molecule has 0 aliphatic carbocycles. The number of hydrogen-bond acceptors (Lipinski definition) is 6. The predicted octanol–water partition coefficient (Wildman–Crippen LogP) is 1.13. The number of carbonyl (C=O) groups is 1. The molecule has 2 aromatic heterocycles. The van der Waals surface area contributed by atoms with Crippen LogP contribution in [-0.2, 0) is 10.4 Å². The van der Waals surface area contributed by atoms with Crippen molar-refractivity contribution in [2.75, 3.05) is 17.2 Å². The van der Waals surface area contributed by atoms with Crippen molar-refractivity contribution < 1.29 is 9.90 Å². The van der Waals surface area contributed by atoms with E-state index in [0.29, 0.717) is 23.0 Å². The van der Waals surface area contributed by atoms with Crippen molar-refractivity contribution in [1.29, 1.82) is 0 Å². The molecule has 0 atom stereocenters. The van der Waals surface area contributed by atoms with Gasteiger partial charge in [-0.05, 0) is 26.0 Å². The molecule has 0 unspecified atom stereocenters. The van der Waals surface area contributed by atoms with E-state index in [1.54, 1.807) is 32.3 Å². The van der Waals surface area contributed by atoms with Gasteiger partial charge in [-0.2, -0.15) is 0 Å². The summed E-state index contributed by atoms with van der Waals surface area (Å²) in [6.07, 6.45) is 3.24. The molecule has 1 aliphatic heterocycles. The molecule has 0 aromatic carbocycles. The minimum atomic E-state index is -0.988. The minimum Gasteiger partial charge on any atom is -0.384 e. The van der Waals surface area contributed by atoms with Crippen LogP contribution in [0.1, 0.15) is 19.5 Å². The largest absolute Gasteiger partial charge is 0.384 e. The van der Waals surface area contributed by atoms with Crippen LogP contribution in [-0.4, -0.2) is 32.5 Å². The summed E-state index contributed by atoms with van der Waals surface area (Å²) in [5.74, 6) is 0.819. The predicted molar refractivity (Wildman–Crippen MR) is 77.6 cm³/mol. The van der Waals surface area contributed by atoms with Gasteiger partial charge in [0.15, 0.2) is 11.6 Å². The lowest BCUT2D eigenvalue weighted by Crippen LogP contribution is -2.28. The smallest absolute Gasteiger partial charge is 0.244 e. The van der Waals surface area contributed by atoms with Crippen molar-refractivity contribution in [3.63, 3.8) is 0 Å². The summed E-state index contributed by atoms with van der Waals surface area (Å²) in [4.78, 5) is 24.2. The third-order valence-electron chi connectivity index (χ3n) is 3.13. The van der Waals surface area contributed by atoms with Crippen molar-refractivity contribution in [3.05, 3.63) is 30.2 Å². The molecule has 21 heavy (non-hydrogen) atoms. The fourth-order valence-electron chi connectivity index (χ4n) is 1.99. The maximum absolute atomic E-state index is 11.3. The van der Waals surface area contributed by atoms with Crippen LogP contribution in [0.15, 0.2) is 24.5 Å². The number of carbonyl (C=O) groups excluding carboxylic acids is 1. The van der Waals surface area contributed by atoms with Crippen LogP contribution < -0.4 is 10.6 Å². The Morgan fingerprint density at radius 1 is 1.19 bits per heavy atom. The summed E-state index contributed by atoms with van der Waals surface area (Å²) in [6.45, 7) is 3.55. The number of nitrogens with zero attached hydrogens (tertiary/aromatic N) is 3. The van der Waals surface area contributed by atoms with Gasteiger partial charge in [0.1, 0.15) is 5.60 Å². The Labute approximate surface area is 121 Å². The number of aliphatic hydroxyl groups is 1. The second-order valence-electron chi connectivity index (χ2n) is 5.35. The number of pyridine rings is 1. The molecule has 3 N–H and O–H groups in total. The van der Waals surface area contributed by atoms with E-state index in [1.165, 1.54) is 0 Å². The normalized spacial score (nSPS) is 14.1. The number of anilines is 2. The zero-order chi connectivity index (χ0) is 15.0. The van der Waals surface area contributed by atoms with Gasteiger partial charge in [0.2, 0.25) is 5.91 Å². The van der Waals surface area contributed by atoms with Crippen LogP contribution >= 0.6 is 0 Å². The molecular weight excluding hydrogens is 270 g/mol. The van der Waals surface area contributed by atoms with Gasteiger partial charge in [-0.25, -0.2) is 9.97 Å². The van der Waals surface area contributed by atoms with Gasteiger partial charge < -0.3 is 15.7 Å². The first-order chi connectivity index (χ1) is 9.93. The number of hydrogen-bond donors (Lipinski definition) is 3. The Kier molecular flexibility index (Phi) is 3.06. The monoisotopic (exact) mass is 285 g/mol. The Morgan fingerprint density at radius 2 is 2.00 bits per heavy atom. The molecular formula is C14H15N5O2. The average Bonchev–Trinajstić information content (AvgIpc) is 2.45. The molecule has 0 bridgehead atoms. The van der Waals surface area contributed by atoms with Crippen molar-refractivity contribution in [3.8, 4) is 11.3 Å². The highest BCUT2D eigenvalue weighted by Gasteiger charge is 2.19. The van der Waals surface area contributed by atoms with Crippen molar-refractivity contribution in [1.82, 2.24) is 15.0 Å². The second kappa shape index (κ2) is 4.78. The Morgan fingerprint density at radius 3 is 2.67 bits per heavy atom. The molecule has 7 heteroatoms. The highest BCUT2D eigenvalue weighted by molar-refractivity contribution is 5.98. The molecule has 108 valence electrons.